The van der Waals surface area contributed by atoms with E-state index in [0.717, 1.165) is 56.2 Å². The summed E-state index contributed by atoms with van der Waals surface area (Å²) in [5, 5.41) is 24.4. The Hall–Kier alpha value is -2.66. The number of rotatable bonds is 5. The second-order valence-electron chi connectivity index (χ2n) is 12.0. The van der Waals surface area contributed by atoms with Gasteiger partial charge < -0.3 is 9.74 Å². The molecule has 2 aliphatic carbocycles. The predicted octanol–water partition coefficient (Wildman–Crippen LogP) is 5.75. The topological polar surface area (TPSA) is 111 Å². The first-order valence-corrected chi connectivity index (χ1v) is 17.0. The van der Waals surface area contributed by atoms with Crippen molar-refractivity contribution in [2.45, 2.75) is 89.8 Å². The van der Waals surface area contributed by atoms with Crippen LogP contribution in [0.2, 0.25) is 19.6 Å². The van der Waals surface area contributed by atoms with Crippen molar-refractivity contribution in [2.75, 3.05) is 13.1 Å². The van der Waals surface area contributed by atoms with Gasteiger partial charge in [-0.3, -0.25) is 25.1 Å². The molecule has 9 nitrogen and oxygen atoms in total. The lowest BCUT2D eigenvalue weighted by Crippen LogP contribution is -2.32. The van der Waals surface area contributed by atoms with Gasteiger partial charge in [0, 0.05) is 49.9 Å². The lowest BCUT2D eigenvalue weighted by Gasteiger charge is -2.28. The Morgan fingerprint density at radius 2 is 1.50 bits per heavy atom. The van der Waals surface area contributed by atoms with Gasteiger partial charge in [0.05, 0.1) is 15.4 Å². The molecule has 1 N–H and O–H groups in total. The fourth-order valence-corrected chi connectivity index (χ4v) is 6.71. The van der Waals surface area contributed by atoms with Gasteiger partial charge in [-0.25, -0.2) is 0 Å². The van der Waals surface area contributed by atoms with Crippen LogP contribution in [0.15, 0.2) is 36.4 Å². The number of nitrogens with one attached hydrogen (secondary N) is 1. The normalized spacial score (nSPS) is 19.5. The molecule has 38 heavy (non-hydrogen) atoms. The summed E-state index contributed by atoms with van der Waals surface area (Å²) in [6.07, 6.45) is 7.14. The van der Waals surface area contributed by atoms with Gasteiger partial charge in [-0.15, -0.1) is 0 Å². The molecule has 0 amide bonds. The average molecular weight is 541 g/mol. The molecule has 2 fully saturated rings. The lowest BCUT2D eigenvalue weighted by molar-refractivity contribution is -0.385. The molecule has 2 saturated carbocycles. The van der Waals surface area contributed by atoms with E-state index in [2.05, 4.69) is 36.8 Å². The molecule has 0 spiro atoms. The van der Waals surface area contributed by atoms with E-state index in [1.807, 2.05) is 12.1 Å². The summed E-state index contributed by atoms with van der Waals surface area (Å²) in [6.45, 7) is 12.7. The van der Waals surface area contributed by atoms with Crippen molar-refractivity contribution in [2.24, 2.45) is 0 Å². The van der Waals surface area contributed by atoms with E-state index in [-0.39, 0.29) is 21.2 Å². The molecule has 10 heteroatoms. The molecule has 6 rings (SSSR count). The Morgan fingerprint density at radius 3 is 2.00 bits per heavy atom. The molecule has 2 aliphatic heterocycles. The first-order valence-electron chi connectivity index (χ1n) is 13.6. The van der Waals surface area contributed by atoms with E-state index in [9.17, 15) is 20.2 Å². The van der Waals surface area contributed by atoms with Gasteiger partial charge in [0.2, 0.25) is 0 Å². The lowest BCUT2D eigenvalue weighted by atomic mass is 9.99. The third-order valence-electron chi connectivity index (χ3n) is 7.30. The van der Waals surface area contributed by atoms with Crippen molar-refractivity contribution in [1.29, 1.82) is 0 Å². The summed E-state index contributed by atoms with van der Waals surface area (Å²) in [7, 11) is -1.23. The fourth-order valence-electron chi connectivity index (χ4n) is 5.03. The standard InChI is InChI=1S/C12H14N2O2.C9H10N2O2.C7H16OSi/c15-14(16)12-2-1-9-5-6-13(11-3-4-11)8-10(9)7-12;12-11(13)9-2-1-7-3-4-10-6-8(7)5-9;1-7(5-6-7)8-9(2,3)4/h1-2,7,11H,3-6,8H2;1-2,5,10H,3-4,6H2;5-6H2,1-4H3. The molecular weight excluding hydrogens is 500 g/mol. The minimum absolute atomic E-state index is 0.183. The van der Waals surface area contributed by atoms with Crippen LogP contribution in [0.25, 0.3) is 0 Å². The summed E-state index contributed by atoms with van der Waals surface area (Å²) < 4.78 is 5.88. The van der Waals surface area contributed by atoms with Crippen LogP contribution in [-0.4, -0.2) is 47.8 Å². The van der Waals surface area contributed by atoms with Crippen molar-refractivity contribution >= 4 is 19.7 Å². The molecule has 4 aliphatic rings. The number of nitrogens with zero attached hydrogens (tertiary/aromatic N) is 3. The van der Waals surface area contributed by atoms with Crippen LogP contribution in [0.3, 0.4) is 0 Å². The zero-order valence-corrected chi connectivity index (χ0v) is 24.0. The van der Waals surface area contributed by atoms with Crippen molar-refractivity contribution in [1.82, 2.24) is 10.2 Å². The predicted molar refractivity (Wildman–Crippen MR) is 151 cm³/mol. The zero-order chi connectivity index (χ0) is 27.5. The zero-order valence-electron chi connectivity index (χ0n) is 23.0. The number of fused-ring (bicyclic) bond motifs is 2. The molecule has 2 heterocycles. The van der Waals surface area contributed by atoms with E-state index < -0.39 is 8.32 Å². The first kappa shape index (κ1) is 28.3. The van der Waals surface area contributed by atoms with Crippen LogP contribution in [0, 0.1) is 20.2 Å². The van der Waals surface area contributed by atoms with Crippen LogP contribution >= 0.6 is 0 Å². The van der Waals surface area contributed by atoms with Crippen LogP contribution < -0.4 is 5.32 Å². The minimum Gasteiger partial charge on any atom is -0.412 e. The number of non-ortho nitro benzene ring substituents is 2. The van der Waals surface area contributed by atoms with Gasteiger partial charge in [0.15, 0.2) is 8.32 Å². The summed E-state index contributed by atoms with van der Waals surface area (Å²) in [5.74, 6) is 0. The van der Waals surface area contributed by atoms with Gasteiger partial charge in [-0.2, -0.15) is 0 Å². The molecule has 0 radical (unpaired) electrons. The molecule has 0 atom stereocenters. The Morgan fingerprint density at radius 1 is 0.921 bits per heavy atom. The Balaban J connectivity index is 0.000000138. The monoisotopic (exact) mass is 540 g/mol. The maximum Gasteiger partial charge on any atom is 0.269 e. The maximum atomic E-state index is 10.7. The highest BCUT2D eigenvalue weighted by Crippen LogP contribution is 2.40. The van der Waals surface area contributed by atoms with Crippen molar-refractivity contribution in [3.63, 3.8) is 0 Å². The third-order valence-corrected chi connectivity index (χ3v) is 8.40. The molecular formula is C28H40N4O5Si. The minimum atomic E-state index is -1.23. The second kappa shape index (κ2) is 11.6. The Labute approximate surface area is 226 Å². The largest absolute Gasteiger partial charge is 0.412 e. The average Bonchev–Trinajstić information content (AvgIpc) is 3.80. The molecule has 0 bridgehead atoms. The highest BCUT2D eigenvalue weighted by molar-refractivity contribution is 6.69. The number of hydrogen-bond acceptors (Lipinski definition) is 7. The highest BCUT2D eigenvalue weighted by Gasteiger charge is 2.41. The number of nitro benzene ring substituents is 2. The summed E-state index contributed by atoms with van der Waals surface area (Å²) in [6, 6.07) is 11.1. The molecule has 0 aromatic heterocycles. The smallest absolute Gasteiger partial charge is 0.269 e. The van der Waals surface area contributed by atoms with Crippen LogP contribution in [-0.2, 0) is 30.4 Å². The van der Waals surface area contributed by atoms with E-state index in [4.69, 9.17) is 4.43 Å². The van der Waals surface area contributed by atoms with Crippen LogP contribution in [0.1, 0.15) is 54.9 Å². The maximum absolute atomic E-state index is 10.7. The number of benzene rings is 2. The Bertz CT molecular complexity index is 1170. The van der Waals surface area contributed by atoms with Gasteiger partial charge in [-0.1, -0.05) is 12.1 Å². The highest BCUT2D eigenvalue weighted by atomic mass is 28.4. The van der Waals surface area contributed by atoms with E-state index in [0.29, 0.717) is 5.60 Å². The van der Waals surface area contributed by atoms with Crippen molar-refractivity contribution < 1.29 is 14.3 Å². The van der Waals surface area contributed by atoms with Crippen molar-refractivity contribution in [3.05, 3.63) is 78.9 Å². The molecule has 2 aromatic rings. The summed E-state index contributed by atoms with van der Waals surface area (Å²) >= 11 is 0. The number of nitro groups is 2. The van der Waals surface area contributed by atoms with Crippen LogP contribution in [0.5, 0.6) is 0 Å². The third kappa shape index (κ3) is 8.17. The van der Waals surface area contributed by atoms with E-state index in [1.165, 1.54) is 36.8 Å². The van der Waals surface area contributed by atoms with Crippen LogP contribution in [0.4, 0.5) is 11.4 Å². The number of hydrogen-bond donors (Lipinski definition) is 1. The van der Waals surface area contributed by atoms with Crippen molar-refractivity contribution in [3.8, 4) is 0 Å². The van der Waals surface area contributed by atoms with E-state index >= 15 is 0 Å². The SMILES string of the molecule is CC1(O[Si](C)(C)C)CC1.O=[N+]([O-])c1ccc2c(c1)CN(C1CC1)CC2.O=[N+]([O-])c1ccc2c(c1)CNCC2. The van der Waals surface area contributed by atoms with Gasteiger partial charge in [-0.05, 0) is 93.9 Å². The molecule has 2 aromatic carbocycles. The summed E-state index contributed by atoms with van der Waals surface area (Å²) in [4.78, 5) is 23.0. The Kier molecular flexibility index (Phi) is 8.66. The van der Waals surface area contributed by atoms with Gasteiger partial charge >= 0.3 is 0 Å². The quantitative estimate of drug-likeness (QED) is 0.292. The summed E-state index contributed by atoms with van der Waals surface area (Å²) in [5.41, 5.74) is 5.41. The fraction of sp³-hybridized carbons (Fsp3) is 0.571. The second-order valence-corrected chi connectivity index (χ2v) is 16.4. The first-order chi connectivity index (χ1) is 17.9. The van der Waals surface area contributed by atoms with Gasteiger partial charge in [0.25, 0.3) is 11.4 Å². The molecule has 0 unspecified atom stereocenters. The van der Waals surface area contributed by atoms with Gasteiger partial charge in [0.1, 0.15) is 0 Å². The molecule has 206 valence electrons. The van der Waals surface area contributed by atoms with E-state index in [1.54, 1.807) is 24.3 Å². The molecule has 0 saturated heterocycles.